The van der Waals surface area contributed by atoms with Gasteiger partial charge in [0, 0.05) is 12.1 Å². The first-order valence-electron chi connectivity index (χ1n) is 5.43. The molecule has 1 rings (SSSR count). The minimum Gasteiger partial charge on any atom is -0.496 e. The number of amides is 2. The molecule has 0 heterocycles. The smallest absolute Gasteiger partial charge is 0.329 e. The van der Waals surface area contributed by atoms with Crippen molar-refractivity contribution in [2.45, 2.75) is 6.92 Å². The Morgan fingerprint density at radius 3 is 2.72 bits per heavy atom. The van der Waals surface area contributed by atoms with Gasteiger partial charge in [-0.3, -0.25) is 9.59 Å². The zero-order chi connectivity index (χ0) is 13.4. The zero-order valence-electron chi connectivity index (χ0n) is 10.3. The lowest BCUT2D eigenvalue weighted by Gasteiger charge is -2.03. The molecule has 6 nitrogen and oxygen atoms in total. The average molecular weight is 249 g/mol. The number of para-hydroxylation sites is 1. The normalized spacial score (nSPS) is 10.1. The predicted octanol–water partition coefficient (Wildman–Crippen LogP) is 0.281. The van der Waals surface area contributed by atoms with Crippen molar-refractivity contribution < 1.29 is 14.3 Å². The van der Waals surface area contributed by atoms with Crippen LogP contribution in [-0.2, 0) is 9.59 Å². The van der Waals surface area contributed by atoms with Crippen molar-refractivity contribution in [3.8, 4) is 5.75 Å². The molecule has 18 heavy (non-hydrogen) atoms. The van der Waals surface area contributed by atoms with E-state index in [4.69, 9.17) is 4.74 Å². The van der Waals surface area contributed by atoms with E-state index in [0.29, 0.717) is 17.9 Å². The molecule has 0 aliphatic heterocycles. The Morgan fingerprint density at radius 1 is 1.33 bits per heavy atom. The van der Waals surface area contributed by atoms with Crippen LogP contribution >= 0.6 is 0 Å². The summed E-state index contributed by atoms with van der Waals surface area (Å²) in [7, 11) is 1.54. The molecule has 0 aliphatic carbocycles. The predicted molar refractivity (Wildman–Crippen MR) is 67.4 cm³/mol. The van der Waals surface area contributed by atoms with Gasteiger partial charge in [-0.05, 0) is 19.1 Å². The van der Waals surface area contributed by atoms with Crippen LogP contribution in [0.2, 0.25) is 0 Å². The summed E-state index contributed by atoms with van der Waals surface area (Å²) in [6, 6.07) is 7.19. The fraction of sp³-hybridized carbons (Fsp3) is 0.250. The Morgan fingerprint density at radius 2 is 2.06 bits per heavy atom. The van der Waals surface area contributed by atoms with Crippen molar-refractivity contribution in [2.24, 2.45) is 5.10 Å². The van der Waals surface area contributed by atoms with Crippen LogP contribution in [0.15, 0.2) is 29.4 Å². The summed E-state index contributed by atoms with van der Waals surface area (Å²) in [6.07, 6.45) is 1.41. The second-order valence-corrected chi connectivity index (χ2v) is 3.30. The van der Waals surface area contributed by atoms with Crippen LogP contribution in [-0.4, -0.2) is 31.7 Å². The lowest BCUT2D eigenvalue weighted by Crippen LogP contribution is -2.37. The molecule has 1 aromatic carbocycles. The molecule has 0 fully saturated rings. The van der Waals surface area contributed by atoms with Gasteiger partial charge in [0.2, 0.25) is 0 Å². The van der Waals surface area contributed by atoms with Gasteiger partial charge in [0.15, 0.2) is 0 Å². The number of hydrazone groups is 1. The summed E-state index contributed by atoms with van der Waals surface area (Å²) in [5, 5.41) is 6.06. The van der Waals surface area contributed by atoms with Crippen LogP contribution in [0, 0.1) is 0 Å². The highest BCUT2D eigenvalue weighted by atomic mass is 16.5. The average Bonchev–Trinajstić information content (AvgIpc) is 2.39. The molecule has 2 amide bonds. The molecule has 2 N–H and O–H groups in total. The number of rotatable bonds is 4. The lowest BCUT2D eigenvalue weighted by molar-refractivity contribution is -0.139. The number of ether oxygens (including phenoxy) is 1. The first-order valence-corrected chi connectivity index (χ1v) is 5.43. The van der Waals surface area contributed by atoms with Gasteiger partial charge in [-0.1, -0.05) is 12.1 Å². The molecule has 0 unspecified atom stereocenters. The molecule has 0 saturated carbocycles. The van der Waals surface area contributed by atoms with Crippen LogP contribution < -0.4 is 15.5 Å². The van der Waals surface area contributed by atoms with Crippen molar-refractivity contribution in [1.82, 2.24) is 10.7 Å². The number of carbonyl (C=O) groups is 2. The van der Waals surface area contributed by atoms with Crippen LogP contribution in [0.3, 0.4) is 0 Å². The Kier molecular flexibility index (Phi) is 5.37. The molecule has 0 saturated heterocycles. The maximum absolute atomic E-state index is 11.2. The summed E-state index contributed by atoms with van der Waals surface area (Å²) in [5.74, 6) is -0.883. The minimum absolute atomic E-state index is 0.391. The highest BCUT2D eigenvalue weighted by molar-refractivity contribution is 6.35. The van der Waals surface area contributed by atoms with Crippen LogP contribution in [0.25, 0.3) is 0 Å². The first kappa shape index (κ1) is 13.7. The highest BCUT2D eigenvalue weighted by Gasteiger charge is 2.10. The maximum Gasteiger partial charge on any atom is 0.329 e. The van der Waals surface area contributed by atoms with Gasteiger partial charge in [0.25, 0.3) is 0 Å². The van der Waals surface area contributed by atoms with E-state index in [0.717, 1.165) is 0 Å². The fourth-order valence-corrected chi connectivity index (χ4v) is 1.23. The number of nitrogens with zero attached hydrogens (tertiary/aromatic N) is 1. The van der Waals surface area contributed by atoms with Gasteiger partial charge in [-0.25, -0.2) is 5.43 Å². The summed E-state index contributed by atoms with van der Waals surface area (Å²) in [6.45, 7) is 2.12. The summed E-state index contributed by atoms with van der Waals surface area (Å²) in [5.41, 5.74) is 2.83. The molecule has 0 spiro atoms. The second-order valence-electron chi connectivity index (χ2n) is 3.30. The Labute approximate surface area is 105 Å². The number of nitrogens with one attached hydrogen (secondary N) is 2. The molecule has 6 heteroatoms. The van der Waals surface area contributed by atoms with E-state index in [1.807, 2.05) is 12.1 Å². The topological polar surface area (TPSA) is 79.8 Å². The molecular weight excluding hydrogens is 234 g/mol. The van der Waals surface area contributed by atoms with Crippen LogP contribution in [0.4, 0.5) is 0 Å². The number of likely N-dealkylation sites (N-methyl/N-ethyl adjacent to an activating group) is 1. The molecule has 0 radical (unpaired) electrons. The Bertz CT molecular complexity index is 458. The van der Waals surface area contributed by atoms with E-state index in [1.165, 1.54) is 6.21 Å². The van der Waals surface area contributed by atoms with Crippen LogP contribution in [0.1, 0.15) is 12.5 Å². The lowest BCUT2D eigenvalue weighted by atomic mass is 10.2. The van der Waals surface area contributed by atoms with E-state index in [9.17, 15) is 9.59 Å². The van der Waals surface area contributed by atoms with Gasteiger partial charge in [0.1, 0.15) is 5.75 Å². The van der Waals surface area contributed by atoms with E-state index >= 15 is 0 Å². The monoisotopic (exact) mass is 249 g/mol. The van der Waals surface area contributed by atoms with Gasteiger partial charge in [-0.2, -0.15) is 5.10 Å². The maximum atomic E-state index is 11.2. The third-order valence-corrected chi connectivity index (χ3v) is 2.05. The van der Waals surface area contributed by atoms with E-state index < -0.39 is 11.8 Å². The van der Waals surface area contributed by atoms with Crippen molar-refractivity contribution in [3.63, 3.8) is 0 Å². The molecule has 0 bridgehead atoms. The Balaban J connectivity index is 2.60. The van der Waals surface area contributed by atoms with E-state index in [-0.39, 0.29) is 0 Å². The molecular formula is C12H15N3O3. The van der Waals surface area contributed by atoms with Crippen molar-refractivity contribution in [3.05, 3.63) is 29.8 Å². The van der Waals surface area contributed by atoms with Crippen LogP contribution in [0.5, 0.6) is 5.75 Å². The third-order valence-electron chi connectivity index (χ3n) is 2.05. The fourth-order valence-electron chi connectivity index (χ4n) is 1.23. The Hall–Kier alpha value is -2.37. The number of hydrogen-bond acceptors (Lipinski definition) is 4. The minimum atomic E-state index is -0.803. The van der Waals surface area contributed by atoms with E-state index in [1.54, 1.807) is 26.2 Å². The van der Waals surface area contributed by atoms with E-state index in [2.05, 4.69) is 15.8 Å². The quantitative estimate of drug-likeness (QED) is 0.457. The number of methoxy groups -OCH3 is 1. The highest BCUT2D eigenvalue weighted by Crippen LogP contribution is 2.14. The number of hydrogen-bond donors (Lipinski definition) is 2. The second kappa shape index (κ2) is 7.05. The van der Waals surface area contributed by atoms with Crippen molar-refractivity contribution in [2.75, 3.05) is 13.7 Å². The molecule has 1 aromatic rings. The van der Waals surface area contributed by atoms with Gasteiger partial charge in [-0.15, -0.1) is 0 Å². The standard InChI is InChI=1S/C12H15N3O3/c1-3-13-11(16)12(17)15-14-8-9-6-4-5-7-10(9)18-2/h4-8H,3H2,1-2H3,(H,13,16)(H,15,17)/b14-8-. The number of benzene rings is 1. The van der Waals surface area contributed by atoms with Crippen molar-refractivity contribution >= 4 is 18.0 Å². The summed E-state index contributed by atoms with van der Waals surface area (Å²) in [4.78, 5) is 22.3. The third kappa shape index (κ3) is 3.89. The first-order chi connectivity index (χ1) is 8.69. The molecule has 0 aromatic heterocycles. The van der Waals surface area contributed by atoms with Crippen molar-refractivity contribution in [1.29, 1.82) is 0 Å². The SMILES string of the molecule is CCNC(=O)C(=O)N/N=C\c1ccccc1OC. The molecule has 0 atom stereocenters. The zero-order valence-corrected chi connectivity index (χ0v) is 10.3. The largest absolute Gasteiger partial charge is 0.496 e. The summed E-state index contributed by atoms with van der Waals surface area (Å²) < 4.78 is 5.11. The molecule has 96 valence electrons. The van der Waals surface area contributed by atoms with Gasteiger partial charge in [0.05, 0.1) is 13.3 Å². The molecule has 0 aliphatic rings. The number of carbonyl (C=O) groups excluding carboxylic acids is 2. The van der Waals surface area contributed by atoms with Gasteiger partial charge >= 0.3 is 11.8 Å². The van der Waals surface area contributed by atoms with Gasteiger partial charge < -0.3 is 10.1 Å². The summed E-state index contributed by atoms with van der Waals surface area (Å²) >= 11 is 0.